The normalized spacial score (nSPS) is 21.0. The molecule has 1 fully saturated rings. The lowest BCUT2D eigenvalue weighted by atomic mass is 9.83. The number of piperidine rings is 1. The maximum absolute atomic E-state index is 13.9. The summed E-state index contributed by atoms with van der Waals surface area (Å²) in [6.45, 7) is 0.828. The molecule has 23 heavy (non-hydrogen) atoms. The highest BCUT2D eigenvalue weighted by molar-refractivity contribution is 7.89. The Morgan fingerprint density at radius 2 is 1.78 bits per heavy atom. The van der Waals surface area contributed by atoms with Crippen LogP contribution in [0.3, 0.4) is 0 Å². The fourth-order valence-electron chi connectivity index (χ4n) is 3.24. The van der Waals surface area contributed by atoms with Crippen molar-refractivity contribution in [3.63, 3.8) is 0 Å². The van der Waals surface area contributed by atoms with Gasteiger partial charge in [0.1, 0.15) is 10.7 Å². The van der Waals surface area contributed by atoms with Crippen molar-refractivity contribution in [3.8, 4) is 0 Å². The first-order valence-electron chi connectivity index (χ1n) is 7.77. The van der Waals surface area contributed by atoms with E-state index in [4.69, 9.17) is 11.6 Å². The Morgan fingerprint density at radius 1 is 1.13 bits per heavy atom. The molecule has 3 nitrogen and oxygen atoms in total. The highest BCUT2D eigenvalue weighted by atomic mass is 35.5. The van der Waals surface area contributed by atoms with Crippen molar-refractivity contribution in [1.82, 2.24) is 4.31 Å². The summed E-state index contributed by atoms with van der Waals surface area (Å²) in [5, 5.41) is 0.220. The molecule has 2 aliphatic rings. The molecule has 0 atom stereocenters. The minimum atomic E-state index is -3.83. The minimum absolute atomic E-state index is 0.220. The Balaban J connectivity index is 1.73. The van der Waals surface area contributed by atoms with E-state index in [0.717, 1.165) is 25.3 Å². The van der Waals surface area contributed by atoms with E-state index in [2.05, 4.69) is 24.3 Å². The van der Waals surface area contributed by atoms with Gasteiger partial charge in [-0.15, -0.1) is 0 Å². The molecule has 0 radical (unpaired) electrons. The fourth-order valence-corrected chi connectivity index (χ4v) is 5.04. The maximum atomic E-state index is 13.9. The van der Waals surface area contributed by atoms with Gasteiger partial charge in [-0.25, -0.2) is 12.8 Å². The highest BCUT2D eigenvalue weighted by Crippen LogP contribution is 2.32. The molecule has 0 spiro atoms. The van der Waals surface area contributed by atoms with E-state index in [1.807, 2.05) is 0 Å². The van der Waals surface area contributed by atoms with Crippen molar-refractivity contribution in [2.24, 2.45) is 11.8 Å². The molecule has 0 N–H and O–H groups in total. The summed E-state index contributed by atoms with van der Waals surface area (Å²) in [6.07, 6.45) is 11.2. The highest BCUT2D eigenvalue weighted by Gasteiger charge is 2.33. The van der Waals surface area contributed by atoms with Crippen LogP contribution in [0.25, 0.3) is 0 Å². The number of allylic oxidation sites excluding steroid dienone is 4. The van der Waals surface area contributed by atoms with E-state index < -0.39 is 15.8 Å². The second-order valence-electron chi connectivity index (χ2n) is 5.99. The molecular weight excluding hydrogens is 337 g/mol. The molecule has 0 bridgehead atoms. The standard InChI is InChI=1S/C17H19ClFNO2S/c18-15-6-7-16(19)17(12-15)23(21,22)20-10-8-14(9-11-20)13-4-2-1-3-5-13/h2-7,12-14H,1,8-11H2. The molecule has 6 heteroatoms. The van der Waals surface area contributed by atoms with Crippen LogP contribution >= 0.6 is 11.6 Å². The molecule has 1 aliphatic carbocycles. The van der Waals surface area contributed by atoms with Crippen molar-refractivity contribution < 1.29 is 12.8 Å². The molecule has 1 saturated heterocycles. The Bertz CT molecular complexity index is 725. The minimum Gasteiger partial charge on any atom is -0.207 e. The monoisotopic (exact) mass is 355 g/mol. The molecule has 124 valence electrons. The zero-order valence-corrected chi connectivity index (χ0v) is 14.2. The second-order valence-corrected chi connectivity index (χ2v) is 8.33. The van der Waals surface area contributed by atoms with E-state index in [1.165, 1.54) is 16.4 Å². The first-order valence-corrected chi connectivity index (χ1v) is 9.59. The van der Waals surface area contributed by atoms with Gasteiger partial charge in [0.15, 0.2) is 0 Å². The number of nitrogens with zero attached hydrogens (tertiary/aromatic N) is 1. The lowest BCUT2D eigenvalue weighted by molar-refractivity contribution is 0.249. The molecule has 0 unspecified atom stereocenters. The van der Waals surface area contributed by atoms with Crippen molar-refractivity contribution in [1.29, 1.82) is 0 Å². The quantitative estimate of drug-likeness (QED) is 0.768. The molecular formula is C17H19ClFNO2S. The summed E-state index contributed by atoms with van der Waals surface area (Å²) in [5.41, 5.74) is 0. The summed E-state index contributed by atoms with van der Waals surface area (Å²) in [5.74, 6) is 0.0737. The molecule has 1 heterocycles. The van der Waals surface area contributed by atoms with Gasteiger partial charge in [-0.3, -0.25) is 0 Å². The van der Waals surface area contributed by atoms with Crippen molar-refractivity contribution in [2.75, 3.05) is 13.1 Å². The average Bonchev–Trinajstić information content (AvgIpc) is 2.58. The number of rotatable bonds is 3. The van der Waals surface area contributed by atoms with Gasteiger partial charge in [-0.1, -0.05) is 35.9 Å². The summed E-state index contributed by atoms with van der Waals surface area (Å²) in [6, 6.07) is 3.63. The van der Waals surface area contributed by atoms with Crippen LogP contribution in [0.4, 0.5) is 4.39 Å². The van der Waals surface area contributed by atoms with E-state index >= 15 is 0 Å². The predicted molar refractivity (Wildman–Crippen MR) is 89.3 cm³/mol. The zero-order chi connectivity index (χ0) is 16.4. The van der Waals surface area contributed by atoms with Gasteiger partial charge in [0.05, 0.1) is 0 Å². The fraction of sp³-hybridized carbons (Fsp3) is 0.412. The summed E-state index contributed by atoms with van der Waals surface area (Å²) in [4.78, 5) is -0.332. The molecule has 1 aromatic carbocycles. The predicted octanol–water partition coefficient (Wildman–Crippen LogP) is 4.01. The lowest BCUT2D eigenvalue weighted by Crippen LogP contribution is -2.40. The SMILES string of the molecule is O=S(=O)(c1cc(Cl)ccc1F)N1CCC(C2C=CCC=C2)CC1. The van der Waals surface area contributed by atoms with Crippen LogP contribution in [0.5, 0.6) is 0 Å². The number of hydrogen-bond donors (Lipinski definition) is 0. The number of sulfonamides is 1. The Hall–Kier alpha value is -1.17. The van der Waals surface area contributed by atoms with Gasteiger partial charge in [0.25, 0.3) is 0 Å². The van der Waals surface area contributed by atoms with Crippen LogP contribution in [0, 0.1) is 17.7 Å². The van der Waals surface area contributed by atoms with Crippen molar-refractivity contribution >= 4 is 21.6 Å². The molecule has 3 rings (SSSR count). The number of hydrogen-bond acceptors (Lipinski definition) is 2. The molecule has 1 aromatic rings. The number of halogens is 2. The largest absolute Gasteiger partial charge is 0.246 e. The average molecular weight is 356 g/mol. The first kappa shape index (κ1) is 16.7. The van der Waals surface area contributed by atoms with Gasteiger partial charge >= 0.3 is 0 Å². The Labute approximate surface area is 141 Å². The van der Waals surface area contributed by atoms with Crippen molar-refractivity contribution in [2.45, 2.75) is 24.2 Å². The van der Waals surface area contributed by atoms with Gasteiger partial charge in [-0.05, 0) is 49.3 Å². The summed E-state index contributed by atoms with van der Waals surface area (Å²) in [7, 11) is -3.83. The third kappa shape index (κ3) is 3.52. The molecule has 0 aromatic heterocycles. The van der Waals surface area contributed by atoms with Crippen LogP contribution in [0.2, 0.25) is 5.02 Å². The molecule has 0 amide bonds. The van der Waals surface area contributed by atoms with E-state index in [0.29, 0.717) is 24.9 Å². The molecule has 1 aliphatic heterocycles. The van der Waals surface area contributed by atoms with E-state index in [-0.39, 0.29) is 9.92 Å². The third-order valence-corrected chi connectivity index (χ3v) is 6.69. The first-order chi connectivity index (χ1) is 11.0. The van der Waals surface area contributed by atoms with E-state index in [9.17, 15) is 12.8 Å². The topological polar surface area (TPSA) is 37.4 Å². The zero-order valence-electron chi connectivity index (χ0n) is 12.7. The summed E-state index contributed by atoms with van der Waals surface area (Å²) < 4.78 is 40.6. The molecule has 0 saturated carbocycles. The second kappa shape index (κ2) is 6.75. The third-order valence-electron chi connectivity index (χ3n) is 4.54. The van der Waals surface area contributed by atoms with Gasteiger partial charge in [0.2, 0.25) is 10.0 Å². The van der Waals surface area contributed by atoms with Crippen LogP contribution in [0.1, 0.15) is 19.3 Å². The summed E-state index contributed by atoms with van der Waals surface area (Å²) >= 11 is 5.82. The Morgan fingerprint density at radius 3 is 2.43 bits per heavy atom. The van der Waals surface area contributed by atoms with E-state index in [1.54, 1.807) is 0 Å². The van der Waals surface area contributed by atoms with Crippen LogP contribution < -0.4 is 0 Å². The Kier molecular flexibility index (Phi) is 4.90. The number of benzene rings is 1. The smallest absolute Gasteiger partial charge is 0.207 e. The van der Waals surface area contributed by atoms with Crippen LogP contribution in [-0.2, 0) is 10.0 Å². The van der Waals surface area contributed by atoms with Gasteiger partial charge in [-0.2, -0.15) is 4.31 Å². The van der Waals surface area contributed by atoms with Crippen LogP contribution in [0.15, 0.2) is 47.4 Å². The van der Waals surface area contributed by atoms with Crippen molar-refractivity contribution in [3.05, 3.63) is 53.3 Å². The lowest BCUT2D eigenvalue weighted by Gasteiger charge is -2.34. The van der Waals surface area contributed by atoms with Gasteiger partial charge < -0.3 is 0 Å². The maximum Gasteiger partial charge on any atom is 0.246 e. The van der Waals surface area contributed by atoms with Gasteiger partial charge in [0, 0.05) is 18.1 Å². The van der Waals surface area contributed by atoms with Crippen LogP contribution in [-0.4, -0.2) is 25.8 Å².